The summed E-state index contributed by atoms with van der Waals surface area (Å²) in [5, 5.41) is 12.6. The molecule has 2 N–H and O–H groups in total. The first-order chi connectivity index (χ1) is 24.1. The van der Waals surface area contributed by atoms with E-state index in [1.165, 1.54) is 70.6 Å². The maximum atomic E-state index is 12.5. The monoisotopic (exact) mass is 667 g/mol. The number of hydrogen-bond donors (Lipinski definition) is 2. The normalized spacial score (nSPS) is 17.8. The van der Waals surface area contributed by atoms with Gasteiger partial charge in [-0.3, -0.25) is 4.79 Å². The van der Waals surface area contributed by atoms with E-state index < -0.39 is 6.29 Å². The van der Waals surface area contributed by atoms with E-state index in [0.717, 1.165) is 46.1 Å². The van der Waals surface area contributed by atoms with E-state index in [4.69, 9.17) is 9.47 Å². The first-order valence-corrected chi connectivity index (χ1v) is 18.9. The largest absolute Gasteiger partial charge is 0.392 e. The molecule has 264 valence electrons. The van der Waals surface area contributed by atoms with Gasteiger partial charge in [-0.15, -0.1) is 0 Å². The van der Waals surface area contributed by atoms with E-state index in [0.29, 0.717) is 25.9 Å². The molecule has 0 bridgehead atoms. The number of ether oxygens (including phenoxy) is 2. The molecule has 0 radical (unpaired) electrons. The molecule has 1 amide bonds. The number of para-hydroxylation sites is 2. The number of amides is 1. The van der Waals surface area contributed by atoms with Gasteiger partial charge in [0.1, 0.15) is 0 Å². The summed E-state index contributed by atoms with van der Waals surface area (Å²) in [5.74, 6) is 0.121. The van der Waals surface area contributed by atoms with Crippen molar-refractivity contribution in [2.75, 3.05) is 0 Å². The molecule has 7 nitrogen and oxygen atoms in total. The van der Waals surface area contributed by atoms with Crippen LogP contribution in [0.5, 0.6) is 0 Å². The van der Waals surface area contributed by atoms with Gasteiger partial charge in [0.15, 0.2) is 6.29 Å². The molecule has 3 atom stereocenters. The highest BCUT2D eigenvalue weighted by Gasteiger charge is 2.32. The summed E-state index contributed by atoms with van der Waals surface area (Å²) in [6.45, 7) is 3.46. The van der Waals surface area contributed by atoms with Gasteiger partial charge in [-0.25, -0.2) is 4.98 Å². The van der Waals surface area contributed by atoms with E-state index in [9.17, 15) is 9.90 Å². The third kappa shape index (κ3) is 11.8. The summed E-state index contributed by atoms with van der Waals surface area (Å²) in [4.78, 5) is 17.1. The quantitative estimate of drug-likeness (QED) is 0.0864. The molecule has 0 saturated carbocycles. The van der Waals surface area contributed by atoms with Crippen molar-refractivity contribution in [1.82, 2.24) is 14.9 Å². The van der Waals surface area contributed by atoms with E-state index in [1.54, 1.807) is 0 Å². The van der Waals surface area contributed by atoms with E-state index >= 15 is 0 Å². The zero-order valence-corrected chi connectivity index (χ0v) is 29.5. The van der Waals surface area contributed by atoms with Gasteiger partial charge in [-0.05, 0) is 35.2 Å². The molecule has 1 aliphatic rings. The number of carbonyl (C=O) groups is 1. The Morgan fingerprint density at radius 3 is 2.06 bits per heavy atom. The lowest BCUT2D eigenvalue weighted by Crippen LogP contribution is -2.32. The van der Waals surface area contributed by atoms with Gasteiger partial charge in [-0.1, -0.05) is 145 Å². The molecule has 5 rings (SSSR count). The average Bonchev–Trinajstić information content (AvgIpc) is 3.55. The number of carbonyl (C=O) groups excluding carboxylic acids is 1. The van der Waals surface area contributed by atoms with Gasteiger partial charge in [-0.2, -0.15) is 0 Å². The number of fused-ring (bicyclic) bond motifs is 1. The topological polar surface area (TPSA) is 85.6 Å². The summed E-state index contributed by atoms with van der Waals surface area (Å²) in [6, 6.07) is 24.3. The summed E-state index contributed by atoms with van der Waals surface area (Å²) >= 11 is 0. The molecule has 0 aliphatic carbocycles. The fraction of sp³-hybridized carbons (Fsp3) is 0.524. The Balaban J connectivity index is 1.06. The van der Waals surface area contributed by atoms with E-state index in [1.807, 2.05) is 73.1 Å². The van der Waals surface area contributed by atoms with E-state index in [2.05, 4.69) is 27.9 Å². The zero-order valence-electron chi connectivity index (χ0n) is 29.5. The SMILES string of the molecule is CCCCCCCCCCCCCCCC(=O)NCc1ccc(C2OC(Cn3cnc4ccccc43)CC(c3ccc(CO)cc3)O2)cc1. The van der Waals surface area contributed by atoms with Gasteiger partial charge in [0.25, 0.3) is 0 Å². The number of unbranched alkanes of at least 4 members (excludes halogenated alkanes) is 12. The second kappa shape index (κ2) is 20.2. The molecule has 1 aromatic heterocycles. The molecule has 1 fully saturated rings. The second-order valence-electron chi connectivity index (χ2n) is 13.7. The van der Waals surface area contributed by atoms with Crippen LogP contribution >= 0.6 is 0 Å². The number of hydrogen-bond acceptors (Lipinski definition) is 5. The van der Waals surface area contributed by atoms with Crippen LogP contribution in [0.15, 0.2) is 79.1 Å². The Bertz CT molecular complexity index is 1520. The number of benzene rings is 3. The average molecular weight is 668 g/mol. The summed E-state index contributed by atoms with van der Waals surface area (Å²) < 4.78 is 15.3. The summed E-state index contributed by atoms with van der Waals surface area (Å²) in [5.41, 5.74) is 5.98. The van der Waals surface area contributed by atoms with Crippen LogP contribution in [-0.2, 0) is 34.0 Å². The van der Waals surface area contributed by atoms with Gasteiger partial charge in [0.2, 0.25) is 5.91 Å². The zero-order chi connectivity index (χ0) is 34.1. The number of aliphatic hydroxyl groups excluding tert-OH is 1. The minimum absolute atomic E-state index is 0.0140. The fourth-order valence-electron chi connectivity index (χ4n) is 6.79. The van der Waals surface area contributed by atoms with Gasteiger partial charge < -0.3 is 24.5 Å². The molecule has 3 aromatic carbocycles. The fourth-order valence-corrected chi connectivity index (χ4v) is 6.79. The molecule has 0 spiro atoms. The lowest BCUT2D eigenvalue weighted by atomic mass is 9.99. The van der Waals surface area contributed by atoms with Crippen LogP contribution in [0.25, 0.3) is 11.0 Å². The van der Waals surface area contributed by atoms with Crippen molar-refractivity contribution in [1.29, 1.82) is 0 Å². The van der Waals surface area contributed by atoms with Crippen molar-refractivity contribution in [2.24, 2.45) is 0 Å². The number of rotatable bonds is 21. The minimum Gasteiger partial charge on any atom is -0.392 e. The minimum atomic E-state index is -0.532. The number of nitrogens with zero attached hydrogens (tertiary/aromatic N) is 2. The molecule has 7 heteroatoms. The van der Waals surface area contributed by atoms with Crippen molar-refractivity contribution in [2.45, 2.75) is 141 Å². The van der Waals surface area contributed by atoms with Crippen molar-refractivity contribution < 1.29 is 19.4 Å². The maximum Gasteiger partial charge on any atom is 0.220 e. The van der Waals surface area contributed by atoms with Crippen LogP contribution in [-0.4, -0.2) is 26.7 Å². The Kier molecular flexibility index (Phi) is 15.2. The first-order valence-electron chi connectivity index (χ1n) is 18.9. The van der Waals surface area contributed by atoms with Crippen molar-refractivity contribution in [3.63, 3.8) is 0 Å². The van der Waals surface area contributed by atoms with Crippen LogP contribution in [0, 0.1) is 0 Å². The highest BCUT2D eigenvalue weighted by molar-refractivity contribution is 5.76. The summed E-state index contributed by atoms with van der Waals surface area (Å²) in [7, 11) is 0. The third-order valence-electron chi connectivity index (χ3n) is 9.79. The predicted octanol–water partition coefficient (Wildman–Crippen LogP) is 9.87. The highest BCUT2D eigenvalue weighted by Crippen LogP contribution is 2.38. The Hall–Kier alpha value is -3.52. The molecular formula is C42H57N3O4. The Labute approximate surface area is 293 Å². The number of aliphatic hydroxyl groups is 1. The number of imidazole rings is 1. The maximum absolute atomic E-state index is 12.5. The molecular weight excluding hydrogens is 610 g/mol. The molecule has 1 saturated heterocycles. The van der Waals surface area contributed by atoms with E-state index in [-0.39, 0.29) is 24.7 Å². The first kappa shape index (κ1) is 36.8. The standard InChI is InChI=1S/C42H57N3O4/c1-2-3-4-5-6-7-8-9-10-11-12-13-14-19-41(47)43-29-33-20-26-36(27-21-33)42-48-37(30-45-32-44-38-17-15-16-18-39(38)45)28-40(49-42)35-24-22-34(31-46)23-25-35/h15-18,20-27,32,37,40,42,46H,2-14,19,28-31H2,1H3,(H,43,47). The molecule has 3 unspecified atom stereocenters. The van der Waals surface area contributed by atoms with Crippen LogP contribution in [0.3, 0.4) is 0 Å². The lowest BCUT2D eigenvalue weighted by Gasteiger charge is -2.36. The summed E-state index contributed by atoms with van der Waals surface area (Å²) in [6.07, 6.45) is 19.4. The Morgan fingerprint density at radius 1 is 0.776 bits per heavy atom. The van der Waals surface area contributed by atoms with Crippen molar-refractivity contribution >= 4 is 16.9 Å². The molecule has 4 aromatic rings. The molecule has 2 heterocycles. The predicted molar refractivity (Wildman–Crippen MR) is 197 cm³/mol. The second-order valence-corrected chi connectivity index (χ2v) is 13.7. The van der Waals surface area contributed by atoms with Crippen LogP contribution in [0.4, 0.5) is 0 Å². The number of nitrogens with one attached hydrogen (secondary N) is 1. The highest BCUT2D eigenvalue weighted by atomic mass is 16.7. The lowest BCUT2D eigenvalue weighted by molar-refractivity contribution is -0.252. The van der Waals surface area contributed by atoms with Crippen LogP contribution < -0.4 is 5.32 Å². The number of aromatic nitrogens is 2. The van der Waals surface area contributed by atoms with Crippen molar-refractivity contribution in [3.8, 4) is 0 Å². The van der Waals surface area contributed by atoms with Gasteiger partial charge >= 0.3 is 0 Å². The molecule has 49 heavy (non-hydrogen) atoms. The van der Waals surface area contributed by atoms with Crippen LogP contribution in [0.1, 0.15) is 138 Å². The van der Waals surface area contributed by atoms with Crippen LogP contribution in [0.2, 0.25) is 0 Å². The molecule has 1 aliphatic heterocycles. The smallest absolute Gasteiger partial charge is 0.220 e. The third-order valence-corrected chi connectivity index (χ3v) is 9.79. The van der Waals surface area contributed by atoms with Gasteiger partial charge in [0, 0.05) is 24.9 Å². The Morgan fingerprint density at radius 2 is 1.39 bits per heavy atom. The van der Waals surface area contributed by atoms with Crippen molar-refractivity contribution in [3.05, 3.63) is 101 Å². The van der Waals surface area contributed by atoms with Gasteiger partial charge in [0.05, 0.1) is 42.7 Å².